The predicted octanol–water partition coefficient (Wildman–Crippen LogP) is 2.03. The fourth-order valence-corrected chi connectivity index (χ4v) is 2.11. The van der Waals surface area contributed by atoms with Crippen molar-refractivity contribution in [2.75, 3.05) is 17.7 Å². The van der Waals surface area contributed by atoms with Crippen molar-refractivity contribution in [3.8, 4) is 11.5 Å². The predicted molar refractivity (Wildman–Crippen MR) is 81.1 cm³/mol. The molecular formula is C16H14N2O4. The number of methoxy groups -OCH3 is 1. The maximum atomic E-state index is 12.2. The summed E-state index contributed by atoms with van der Waals surface area (Å²) in [5, 5.41) is 5.29. The van der Waals surface area contributed by atoms with Gasteiger partial charge in [0.15, 0.2) is 0 Å². The van der Waals surface area contributed by atoms with E-state index in [9.17, 15) is 9.59 Å². The van der Waals surface area contributed by atoms with E-state index in [-0.39, 0.29) is 0 Å². The van der Waals surface area contributed by atoms with Crippen LogP contribution in [0.3, 0.4) is 0 Å². The van der Waals surface area contributed by atoms with Crippen LogP contribution in [0.15, 0.2) is 48.5 Å². The summed E-state index contributed by atoms with van der Waals surface area (Å²) in [6, 6.07) is 13.8. The number of nitrogens with one attached hydrogen (secondary N) is 2. The summed E-state index contributed by atoms with van der Waals surface area (Å²) >= 11 is 0. The summed E-state index contributed by atoms with van der Waals surface area (Å²) in [4.78, 5) is 24.2. The highest BCUT2D eigenvalue weighted by molar-refractivity contribution is 6.15. The molecule has 0 spiro atoms. The minimum absolute atomic E-state index is 0.469. The smallest absolute Gasteiger partial charge is 0.275 e. The Hall–Kier alpha value is -3.02. The van der Waals surface area contributed by atoms with E-state index in [4.69, 9.17) is 9.47 Å². The van der Waals surface area contributed by atoms with Crippen LogP contribution in [-0.2, 0) is 9.59 Å². The second kappa shape index (κ2) is 5.77. The van der Waals surface area contributed by atoms with Gasteiger partial charge in [0.1, 0.15) is 11.5 Å². The Bertz CT molecular complexity index is 712. The molecule has 1 atom stereocenters. The number of fused-ring (bicyclic) bond motifs is 1. The maximum Gasteiger partial charge on any atom is 0.275 e. The number of hydrogen-bond acceptors (Lipinski definition) is 4. The molecule has 6 heteroatoms. The molecule has 0 bridgehead atoms. The lowest BCUT2D eigenvalue weighted by atomic mass is 10.2. The molecule has 0 radical (unpaired) electrons. The molecule has 0 unspecified atom stereocenters. The normalized spacial score (nSPS) is 16.0. The van der Waals surface area contributed by atoms with Gasteiger partial charge in [0, 0.05) is 5.69 Å². The molecule has 0 aromatic heterocycles. The van der Waals surface area contributed by atoms with E-state index in [1.165, 1.54) is 0 Å². The van der Waals surface area contributed by atoms with Crippen molar-refractivity contribution in [1.29, 1.82) is 0 Å². The van der Waals surface area contributed by atoms with Crippen molar-refractivity contribution in [2.24, 2.45) is 0 Å². The molecular weight excluding hydrogens is 284 g/mol. The van der Waals surface area contributed by atoms with Crippen molar-refractivity contribution >= 4 is 23.2 Å². The Balaban J connectivity index is 1.73. The fourth-order valence-electron chi connectivity index (χ4n) is 2.11. The van der Waals surface area contributed by atoms with Gasteiger partial charge in [-0.15, -0.1) is 0 Å². The van der Waals surface area contributed by atoms with Crippen LogP contribution in [0.4, 0.5) is 11.4 Å². The lowest BCUT2D eigenvalue weighted by Crippen LogP contribution is -2.45. The van der Waals surface area contributed by atoms with Gasteiger partial charge in [0.05, 0.1) is 12.8 Å². The van der Waals surface area contributed by atoms with E-state index in [0.29, 0.717) is 22.9 Å². The van der Waals surface area contributed by atoms with E-state index in [1.807, 2.05) is 0 Å². The molecule has 0 fully saturated rings. The third kappa shape index (κ3) is 2.71. The molecule has 0 saturated heterocycles. The molecule has 22 heavy (non-hydrogen) atoms. The second-order valence-electron chi connectivity index (χ2n) is 4.70. The van der Waals surface area contributed by atoms with Gasteiger partial charge in [0.25, 0.3) is 17.9 Å². The summed E-state index contributed by atoms with van der Waals surface area (Å²) in [5.41, 5.74) is 1.11. The highest BCUT2D eigenvalue weighted by Gasteiger charge is 2.33. The molecule has 2 aromatic carbocycles. The van der Waals surface area contributed by atoms with E-state index in [0.717, 1.165) is 0 Å². The first-order valence-corrected chi connectivity index (χ1v) is 6.69. The minimum Gasteiger partial charge on any atom is -0.497 e. The molecule has 0 aliphatic carbocycles. The highest BCUT2D eigenvalue weighted by Crippen LogP contribution is 2.29. The van der Waals surface area contributed by atoms with Gasteiger partial charge in [-0.25, -0.2) is 0 Å². The van der Waals surface area contributed by atoms with Crippen molar-refractivity contribution < 1.29 is 19.1 Å². The number of anilines is 2. The van der Waals surface area contributed by atoms with E-state index >= 15 is 0 Å². The average molecular weight is 298 g/mol. The number of carbonyl (C=O) groups is 2. The number of carbonyl (C=O) groups excluding carboxylic acids is 2. The van der Waals surface area contributed by atoms with Crippen LogP contribution in [0.2, 0.25) is 0 Å². The molecule has 2 N–H and O–H groups in total. The van der Waals surface area contributed by atoms with Crippen LogP contribution >= 0.6 is 0 Å². The zero-order chi connectivity index (χ0) is 15.5. The first-order chi connectivity index (χ1) is 10.7. The molecule has 1 aliphatic rings. The van der Waals surface area contributed by atoms with E-state index < -0.39 is 17.9 Å². The standard InChI is InChI=1S/C16H14N2O4/c1-21-11-8-6-10(7-9-11)17-15(19)14-16(20)18-12-4-2-3-5-13(12)22-14/h2-9,14H,1H3,(H,17,19)(H,18,20)/t14-/m0/s1. The van der Waals surface area contributed by atoms with E-state index in [2.05, 4.69) is 10.6 Å². The number of benzene rings is 2. The summed E-state index contributed by atoms with van der Waals surface area (Å²) in [5.74, 6) is 0.123. The summed E-state index contributed by atoms with van der Waals surface area (Å²) < 4.78 is 10.5. The lowest BCUT2D eigenvalue weighted by Gasteiger charge is -2.24. The van der Waals surface area contributed by atoms with Gasteiger partial charge >= 0.3 is 0 Å². The Morgan fingerprint density at radius 1 is 1.18 bits per heavy atom. The molecule has 3 rings (SSSR count). The second-order valence-corrected chi connectivity index (χ2v) is 4.70. The molecule has 2 aromatic rings. The molecule has 112 valence electrons. The highest BCUT2D eigenvalue weighted by atomic mass is 16.5. The van der Waals surface area contributed by atoms with Crippen LogP contribution in [0.5, 0.6) is 11.5 Å². The van der Waals surface area contributed by atoms with Gasteiger partial charge in [-0.3, -0.25) is 9.59 Å². The van der Waals surface area contributed by atoms with Gasteiger partial charge in [0.2, 0.25) is 0 Å². The third-order valence-corrected chi connectivity index (χ3v) is 3.22. The van der Waals surface area contributed by atoms with Crippen LogP contribution in [0.25, 0.3) is 0 Å². The first-order valence-electron chi connectivity index (χ1n) is 6.69. The zero-order valence-electron chi connectivity index (χ0n) is 11.8. The van der Waals surface area contributed by atoms with Crippen molar-refractivity contribution in [1.82, 2.24) is 0 Å². The maximum absolute atomic E-state index is 12.2. The Kier molecular flexibility index (Phi) is 3.65. The van der Waals surface area contributed by atoms with Gasteiger partial charge in [-0.2, -0.15) is 0 Å². The number of hydrogen-bond donors (Lipinski definition) is 2. The van der Waals surface area contributed by atoms with Crippen molar-refractivity contribution in [3.05, 3.63) is 48.5 Å². The fraction of sp³-hybridized carbons (Fsp3) is 0.125. The molecule has 1 aliphatic heterocycles. The number of rotatable bonds is 3. The lowest BCUT2D eigenvalue weighted by molar-refractivity contribution is -0.133. The number of para-hydroxylation sites is 2. The topological polar surface area (TPSA) is 76.7 Å². The summed E-state index contributed by atoms with van der Waals surface area (Å²) in [6.07, 6.45) is -1.22. The summed E-state index contributed by atoms with van der Waals surface area (Å²) in [7, 11) is 1.56. The minimum atomic E-state index is -1.22. The van der Waals surface area contributed by atoms with Crippen LogP contribution in [-0.4, -0.2) is 25.0 Å². The number of amides is 2. The quantitative estimate of drug-likeness (QED) is 0.850. The summed E-state index contributed by atoms with van der Waals surface area (Å²) in [6.45, 7) is 0. The molecule has 1 heterocycles. The third-order valence-electron chi connectivity index (χ3n) is 3.22. The van der Waals surface area contributed by atoms with Crippen LogP contribution in [0, 0.1) is 0 Å². The Morgan fingerprint density at radius 3 is 2.64 bits per heavy atom. The largest absolute Gasteiger partial charge is 0.497 e. The molecule has 0 saturated carbocycles. The average Bonchev–Trinajstić information content (AvgIpc) is 2.54. The number of ether oxygens (including phenoxy) is 2. The first kappa shape index (κ1) is 13.9. The Morgan fingerprint density at radius 2 is 1.91 bits per heavy atom. The zero-order valence-corrected chi connectivity index (χ0v) is 11.8. The van der Waals surface area contributed by atoms with E-state index in [1.54, 1.807) is 55.6 Å². The Labute approximate surface area is 127 Å². The van der Waals surface area contributed by atoms with Gasteiger partial charge in [-0.1, -0.05) is 12.1 Å². The van der Waals surface area contributed by atoms with Crippen LogP contribution < -0.4 is 20.1 Å². The van der Waals surface area contributed by atoms with Crippen LogP contribution in [0.1, 0.15) is 0 Å². The monoisotopic (exact) mass is 298 g/mol. The van der Waals surface area contributed by atoms with Gasteiger partial charge in [-0.05, 0) is 36.4 Å². The SMILES string of the molecule is COc1ccc(NC(=O)[C@@H]2Oc3ccccc3NC2=O)cc1. The molecule has 6 nitrogen and oxygen atoms in total. The van der Waals surface area contributed by atoms with Gasteiger partial charge < -0.3 is 20.1 Å². The molecule has 2 amide bonds. The van der Waals surface area contributed by atoms with Crippen molar-refractivity contribution in [3.63, 3.8) is 0 Å². The van der Waals surface area contributed by atoms with Crippen molar-refractivity contribution in [2.45, 2.75) is 6.10 Å².